The molecule has 0 amide bonds. The van der Waals surface area contributed by atoms with Gasteiger partial charge in [0, 0.05) is 4.88 Å². The van der Waals surface area contributed by atoms with Crippen LogP contribution >= 0.6 is 11.3 Å². The van der Waals surface area contributed by atoms with Crippen molar-refractivity contribution in [2.75, 3.05) is 0 Å². The summed E-state index contributed by atoms with van der Waals surface area (Å²) >= 11 is 1.90. The monoisotopic (exact) mass is 184 g/mol. The van der Waals surface area contributed by atoms with Gasteiger partial charge >= 0.3 is 0 Å². The van der Waals surface area contributed by atoms with Crippen molar-refractivity contribution < 1.29 is 0 Å². The van der Waals surface area contributed by atoms with E-state index in [1.165, 1.54) is 24.0 Å². The molecule has 0 N–H and O–H groups in total. The molecule has 0 aliphatic heterocycles. The molecular weight excluding hydrogens is 164 g/mol. The van der Waals surface area contributed by atoms with Crippen LogP contribution in [0.25, 0.3) is 0 Å². The molecule has 0 saturated heterocycles. The van der Waals surface area contributed by atoms with Gasteiger partial charge in [0.25, 0.3) is 0 Å². The van der Waals surface area contributed by atoms with Crippen molar-refractivity contribution in [3.63, 3.8) is 0 Å². The van der Waals surface area contributed by atoms with Crippen LogP contribution in [0.1, 0.15) is 43.7 Å². The number of hydrogen-bond acceptors (Lipinski definition) is 1. The van der Waals surface area contributed by atoms with Crippen molar-refractivity contribution in [2.24, 2.45) is 0 Å². The second kappa shape index (κ2) is 6.24. The molecular formula is C11H20S. The molecule has 1 heterocycles. The highest BCUT2D eigenvalue weighted by Gasteiger charge is 2.02. The quantitative estimate of drug-likeness (QED) is 0.646. The Morgan fingerprint density at radius 2 is 1.75 bits per heavy atom. The minimum Gasteiger partial charge on any atom is -0.148 e. The highest BCUT2D eigenvalue weighted by Crippen LogP contribution is 2.22. The molecule has 0 bridgehead atoms. The fourth-order valence-corrected chi connectivity index (χ4v) is 2.30. The molecule has 0 aliphatic carbocycles. The summed E-state index contributed by atoms with van der Waals surface area (Å²) in [5.41, 5.74) is 3.05. The van der Waals surface area contributed by atoms with Crippen molar-refractivity contribution in [1.82, 2.24) is 0 Å². The van der Waals surface area contributed by atoms with E-state index in [2.05, 4.69) is 26.2 Å². The second-order valence-corrected chi connectivity index (χ2v) is 3.48. The lowest BCUT2D eigenvalue weighted by atomic mass is 10.1. The molecule has 0 atom stereocenters. The first-order valence-electron chi connectivity index (χ1n) is 4.85. The molecule has 0 unspecified atom stereocenters. The van der Waals surface area contributed by atoms with Crippen molar-refractivity contribution in [3.8, 4) is 0 Å². The van der Waals surface area contributed by atoms with Crippen LogP contribution in [0.15, 0.2) is 5.38 Å². The maximum absolute atomic E-state index is 2.29. The molecule has 1 aromatic heterocycles. The lowest BCUT2D eigenvalue weighted by Gasteiger charge is -1.94. The summed E-state index contributed by atoms with van der Waals surface area (Å²) in [6.07, 6.45) is 2.37. The van der Waals surface area contributed by atoms with Crippen LogP contribution in [0.4, 0.5) is 0 Å². The van der Waals surface area contributed by atoms with E-state index in [1.54, 1.807) is 4.88 Å². The molecule has 0 fully saturated rings. The van der Waals surface area contributed by atoms with Gasteiger partial charge in [0.05, 0.1) is 0 Å². The Kier molecular flexibility index (Phi) is 6.09. The van der Waals surface area contributed by atoms with Crippen LogP contribution in [-0.2, 0) is 12.8 Å². The zero-order chi connectivity index (χ0) is 9.56. The van der Waals surface area contributed by atoms with E-state index >= 15 is 0 Å². The summed E-state index contributed by atoms with van der Waals surface area (Å²) in [5.74, 6) is 0. The summed E-state index contributed by atoms with van der Waals surface area (Å²) in [7, 11) is 0. The molecule has 0 nitrogen and oxygen atoms in total. The Morgan fingerprint density at radius 1 is 1.17 bits per heavy atom. The van der Waals surface area contributed by atoms with Crippen molar-refractivity contribution in [3.05, 3.63) is 21.4 Å². The average Bonchev–Trinajstić information content (AvgIpc) is 2.49. The third-order valence-corrected chi connectivity index (χ3v) is 3.23. The normalized spacial score (nSPS) is 9.08. The predicted octanol–water partition coefficient (Wildman–Crippen LogP) is 4.21. The van der Waals surface area contributed by atoms with Crippen LogP contribution in [0.2, 0.25) is 0 Å². The molecule has 0 aliphatic rings. The average molecular weight is 184 g/mol. The smallest absolute Gasteiger partial charge is 0.00745 e. The standard InChI is InChI=1S/C9H14S.C2H6/c1-4-8-6-10-9(5-2)7(8)3;1-2/h6H,4-5H2,1-3H3;1-2H3. The molecule has 0 aromatic carbocycles. The first-order chi connectivity index (χ1) is 5.79. The van der Waals surface area contributed by atoms with E-state index in [4.69, 9.17) is 0 Å². The third-order valence-electron chi connectivity index (χ3n) is 1.95. The minimum atomic E-state index is 1.18. The second-order valence-electron chi connectivity index (χ2n) is 2.52. The Bertz CT molecular complexity index is 189. The van der Waals surface area contributed by atoms with Crippen LogP contribution in [-0.4, -0.2) is 0 Å². The van der Waals surface area contributed by atoms with Crippen molar-refractivity contribution in [1.29, 1.82) is 0 Å². The largest absolute Gasteiger partial charge is 0.148 e. The van der Waals surface area contributed by atoms with Crippen molar-refractivity contribution >= 4 is 11.3 Å². The Labute approximate surface area is 80.6 Å². The molecule has 1 rings (SSSR count). The number of thiophene rings is 1. The zero-order valence-electron chi connectivity index (χ0n) is 8.90. The van der Waals surface area contributed by atoms with E-state index in [0.717, 1.165) is 0 Å². The Morgan fingerprint density at radius 3 is 2.00 bits per heavy atom. The van der Waals surface area contributed by atoms with E-state index in [0.29, 0.717) is 0 Å². The highest BCUT2D eigenvalue weighted by atomic mass is 32.1. The van der Waals surface area contributed by atoms with Gasteiger partial charge in [0.2, 0.25) is 0 Å². The van der Waals surface area contributed by atoms with Crippen LogP contribution in [0, 0.1) is 6.92 Å². The molecule has 1 aromatic rings. The number of aryl methyl sites for hydroxylation is 2. The van der Waals surface area contributed by atoms with E-state index in [9.17, 15) is 0 Å². The van der Waals surface area contributed by atoms with Gasteiger partial charge in [-0.05, 0) is 36.3 Å². The van der Waals surface area contributed by atoms with E-state index in [1.807, 2.05) is 25.2 Å². The zero-order valence-corrected chi connectivity index (χ0v) is 9.72. The van der Waals surface area contributed by atoms with Gasteiger partial charge in [-0.25, -0.2) is 0 Å². The predicted molar refractivity (Wildman–Crippen MR) is 59.2 cm³/mol. The number of rotatable bonds is 2. The van der Waals surface area contributed by atoms with Crippen LogP contribution in [0.5, 0.6) is 0 Å². The first kappa shape index (κ1) is 11.7. The lowest BCUT2D eigenvalue weighted by Crippen LogP contribution is -1.82. The molecule has 0 radical (unpaired) electrons. The molecule has 12 heavy (non-hydrogen) atoms. The van der Waals surface area contributed by atoms with Gasteiger partial charge in [-0.3, -0.25) is 0 Å². The van der Waals surface area contributed by atoms with Crippen molar-refractivity contribution in [2.45, 2.75) is 47.5 Å². The SMILES string of the molecule is CC.CCc1csc(CC)c1C. The third kappa shape index (κ3) is 2.63. The summed E-state index contributed by atoms with van der Waals surface area (Å²) in [5, 5.41) is 2.29. The summed E-state index contributed by atoms with van der Waals surface area (Å²) in [4.78, 5) is 1.55. The summed E-state index contributed by atoms with van der Waals surface area (Å²) in [6, 6.07) is 0. The van der Waals surface area contributed by atoms with Crippen LogP contribution < -0.4 is 0 Å². The molecule has 70 valence electrons. The van der Waals surface area contributed by atoms with E-state index in [-0.39, 0.29) is 0 Å². The van der Waals surface area contributed by atoms with Gasteiger partial charge in [0.1, 0.15) is 0 Å². The maximum Gasteiger partial charge on any atom is 0.00745 e. The summed E-state index contributed by atoms with van der Waals surface area (Å²) < 4.78 is 0. The minimum absolute atomic E-state index is 1.18. The summed E-state index contributed by atoms with van der Waals surface area (Å²) in [6.45, 7) is 10.7. The Hall–Kier alpha value is -0.300. The topological polar surface area (TPSA) is 0 Å². The van der Waals surface area contributed by atoms with Gasteiger partial charge < -0.3 is 0 Å². The first-order valence-corrected chi connectivity index (χ1v) is 5.73. The fourth-order valence-electron chi connectivity index (χ4n) is 1.20. The van der Waals surface area contributed by atoms with Gasteiger partial charge in [-0.2, -0.15) is 0 Å². The van der Waals surface area contributed by atoms with Gasteiger partial charge in [-0.15, -0.1) is 11.3 Å². The molecule has 0 saturated carbocycles. The molecule has 0 spiro atoms. The van der Waals surface area contributed by atoms with Gasteiger partial charge in [-0.1, -0.05) is 27.7 Å². The maximum atomic E-state index is 2.29. The lowest BCUT2D eigenvalue weighted by molar-refractivity contribution is 1.09. The Balaban J connectivity index is 0.000000561. The molecule has 1 heteroatoms. The number of hydrogen-bond donors (Lipinski definition) is 0. The van der Waals surface area contributed by atoms with Crippen LogP contribution in [0.3, 0.4) is 0 Å². The van der Waals surface area contributed by atoms with E-state index < -0.39 is 0 Å². The fraction of sp³-hybridized carbons (Fsp3) is 0.636. The highest BCUT2D eigenvalue weighted by molar-refractivity contribution is 7.10. The van der Waals surface area contributed by atoms with Gasteiger partial charge in [0.15, 0.2) is 0 Å².